The molecule has 0 heterocycles. The van der Waals surface area contributed by atoms with Gasteiger partial charge in [-0.2, -0.15) is 0 Å². The van der Waals surface area contributed by atoms with Crippen LogP contribution in [0.15, 0.2) is 4.99 Å². The first-order valence-electron chi connectivity index (χ1n) is 3.04. The van der Waals surface area contributed by atoms with Gasteiger partial charge in [-0.1, -0.05) is 13.8 Å². The molecular formula is C7H17N. The standard InChI is InChI=1S/C5H11N.C2H6/c1-5(2,3)6-4;1-2/h4H2,1-3H3;1-2H3. The van der Waals surface area contributed by atoms with E-state index in [4.69, 9.17) is 0 Å². The second-order valence-corrected chi connectivity index (χ2v) is 2.33. The Balaban J connectivity index is 0. The summed E-state index contributed by atoms with van der Waals surface area (Å²) in [4.78, 5) is 3.77. The number of nitrogens with zero attached hydrogens (tertiary/aromatic N) is 1. The van der Waals surface area contributed by atoms with Crippen LogP contribution < -0.4 is 0 Å². The van der Waals surface area contributed by atoms with E-state index in [0.717, 1.165) is 0 Å². The SMILES string of the molecule is C=NC(C)(C)C.CC. The third-order valence-electron chi connectivity index (χ3n) is 0.474. The molecule has 8 heavy (non-hydrogen) atoms. The summed E-state index contributed by atoms with van der Waals surface area (Å²) in [7, 11) is 0. The normalized spacial score (nSPS) is 9.12. The summed E-state index contributed by atoms with van der Waals surface area (Å²) in [6, 6.07) is 0. The third-order valence-corrected chi connectivity index (χ3v) is 0.474. The molecule has 1 nitrogen and oxygen atoms in total. The van der Waals surface area contributed by atoms with E-state index >= 15 is 0 Å². The van der Waals surface area contributed by atoms with Crippen molar-refractivity contribution in [3.63, 3.8) is 0 Å². The molecule has 0 bridgehead atoms. The van der Waals surface area contributed by atoms with Crippen molar-refractivity contribution in [1.82, 2.24) is 0 Å². The Bertz CT molecular complexity index is 49.9. The highest BCUT2D eigenvalue weighted by molar-refractivity contribution is 5.24. The molecular weight excluding hydrogens is 98.1 g/mol. The van der Waals surface area contributed by atoms with Gasteiger partial charge in [0.2, 0.25) is 0 Å². The van der Waals surface area contributed by atoms with Gasteiger partial charge < -0.3 is 0 Å². The van der Waals surface area contributed by atoms with Crippen molar-refractivity contribution >= 4 is 6.72 Å². The van der Waals surface area contributed by atoms with Crippen molar-refractivity contribution in [3.05, 3.63) is 0 Å². The molecule has 0 aliphatic rings. The minimum atomic E-state index is 0.0556. The summed E-state index contributed by atoms with van der Waals surface area (Å²) in [5.74, 6) is 0. The van der Waals surface area contributed by atoms with Crippen LogP contribution in [0.5, 0.6) is 0 Å². The maximum atomic E-state index is 3.77. The van der Waals surface area contributed by atoms with Crippen LogP contribution >= 0.6 is 0 Å². The van der Waals surface area contributed by atoms with Gasteiger partial charge in [-0.15, -0.1) is 0 Å². The fourth-order valence-electron chi connectivity index (χ4n) is 0. The second-order valence-electron chi connectivity index (χ2n) is 2.33. The Kier molecular flexibility index (Phi) is 6.39. The van der Waals surface area contributed by atoms with Gasteiger partial charge in [0.1, 0.15) is 0 Å². The largest absolute Gasteiger partial charge is 0.295 e. The first-order chi connectivity index (χ1) is 3.56. The molecule has 0 aromatic heterocycles. The lowest BCUT2D eigenvalue weighted by Gasteiger charge is -2.07. The minimum absolute atomic E-state index is 0.0556. The molecule has 1 heteroatoms. The van der Waals surface area contributed by atoms with Gasteiger partial charge in [-0.05, 0) is 27.5 Å². The Labute approximate surface area is 52.8 Å². The van der Waals surface area contributed by atoms with E-state index in [1.54, 1.807) is 0 Å². The molecule has 0 aromatic rings. The van der Waals surface area contributed by atoms with Gasteiger partial charge in [-0.25, -0.2) is 0 Å². The van der Waals surface area contributed by atoms with Gasteiger partial charge in [-0.3, -0.25) is 4.99 Å². The Morgan fingerprint density at radius 2 is 1.25 bits per heavy atom. The van der Waals surface area contributed by atoms with Gasteiger partial charge in [0.05, 0.1) is 5.54 Å². The van der Waals surface area contributed by atoms with E-state index in [0.29, 0.717) is 0 Å². The van der Waals surface area contributed by atoms with E-state index in [-0.39, 0.29) is 5.54 Å². The monoisotopic (exact) mass is 115 g/mol. The zero-order valence-electron chi connectivity index (χ0n) is 6.65. The first-order valence-corrected chi connectivity index (χ1v) is 3.04. The highest BCUT2D eigenvalue weighted by atomic mass is 14.8. The van der Waals surface area contributed by atoms with Gasteiger partial charge in [0, 0.05) is 0 Å². The predicted octanol–water partition coefficient (Wildman–Crippen LogP) is 2.51. The van der Waals surface area contributed by atoms with Crippen molar-refractivity contribution in [2.75, 3.05) is 0 Å². The molecule has 0 N–H and O–H groups in total. The number of hydrogen-bond donors (Lipinski definition) is 0. The smallest absolute Gasteiger partial charge is 0.0516 e. The van der Waals surface area contributed by atoms with Crippen LogP contribution in [-0.4, -0.2) is 12.3 Å². The first kappa shape index (κ1) is 10.6. The molecule has 0 spiro atoms. The fourth-order valence-corrected chi connectivity index (χ4v) is 0. The second kappa shape index (κ2) is 4.82. The number of hydrogen-bond acceptors (Lipinski definition) is 1. The third kappa shape index (κ3) is 17.3. The molecule has 0 saturated heterocycles. The maximum absolute atomic E-state index is 3.77. The Morgan fingerprint density at radius 3 is 1.25 bits per heavy atom. The molecule has 0 aliphatic carbocycles. The number of rotatable bonds is 0. The molecule has 0 saturated carbocycles. The van der Waals surface area contributed by atoms with E-state index in [2.05, 4.69) is 11.7 Å². The average molecular weight is 115 g/mol. The molecule has 0 amide bonds. The van der Waals surface area contributed by atoms with Crippen molar-refractivity contribution < 1.29 is 0 Å². The zero-order valence-corrected chi connectivity index (χ0v) is 6.65. The maximum Gasteiger partial charge on any atom is 0.0516 e. The molecule has 0 radical (unpaired) electrons. The van der Waals surface area contributed by atoms with E-state index in [9.17, 15) is 0 Å². The van der Waals surface area contributed by atoms with Crippen LogP contribution in [-0.2, 0) is 0 Å². The highest BCUT2D eigenvalue weighted by Gasteiger charge is 2.01. The van der Waals surface area contributed by atoms with E-state index < -0.39 is 0 Å². The van der Waals surface area contributed by atoms with Gasteiger partial charge in [0.15, 0.2) is 0 Å². The summed E-state index contributed by atoms with van der Waals surface area (Å²) in [5, 5.41) is 0. The van der Waals surface area contributed by atoms with Crippen LogP contribution in [0.1, 0.15) is 34.6 Å². The van der Waals surface area contributed by atoms with Crippen molar-refractivity contribution in [1.29, 1.82) is 0 Å². The van der Waals surface area contributed by atoms with Crippen LogP contribution in [0.3, 0.4) is 0 Å². The molecule has 0 rings (SSSR count). The van der Waals surface area contributed by atoms with Crippen molar-refractivity contribution in [2.24, 2.45) is 4.99 Å². The topological polar surface area (TPSA) is 12.4 Å². The molecule has 0 atom stereocenters. The summed E-state index contributed by atoms with van der Waals surface area (Å²) >= 11 is 0. The zero-order chi connectivity index (χ0) is 7.21. The minimum Gasteiger partial charge on any atom is -0.295 e. The summed E-state index contributed by atoms with van der Waals surface area (Å²) in [6.07, 6.45) is 0. The predicted molar refractivity (Wildman–Crippen MR) is 40.7 cm³/mol. The quantitative estimate of drug-likeness (QED) is 0.430. The molecule has 0 unspecified atom stereocenters. The Morgan fingerprint density at radius 1 is 1.12 bits per heavy atom. The molecule has 0 fully saturated rings. The van der Waals surface area contributed by atoms with E-state index in [1.807, 2.05) is 34.6 Å². The fraction of sp³-hybridized carbons (Fsp3) is 0.857. The average Bonchev–Trinajstić information content (AvgIpc) is 1.71. The van der Waals surface area contributed by atoms with Crippen LogP contribution in [0.25, 0.3) is 0 Å². The molecule has 0 aliphatic heterocycles. The van der Waals surface area contributed by atoms with Crippen molar-refractivity contribution in [3.8, 4) is 0 Å². The molecule has 50 valence electrons. The summed E-state index contributed by atoms with van der Waals surface area (Å²) in [6.45, 7) is 13.4. The van der Waals surface area contributed by atoms with Gasteiger partial charge in [0.25, 0.3) is 0 Å². The lowest BCUT2D eigenvalue weighted by atomic mass is 10.1. The van der Waals surface area contributed by atoms with Crippen molar-refractivity contribution in [2.45, 2.75) is 40.2 Å². The summed E-state index contributed by atoms with van der Waals surface area (Å²) in [5.41, 5.74) is 0.0556. The summed E-state index contributed by atoms with van der Waals surface area (Å²) < 4.78 is 0. The highest BCUT2D eigenvalue weighted by Crippen LogP contribution is 2.02. The van der Waals surface area contributed by atoms with Crippen LogP contribution in [0.2, 0.25) is 0 Å². The van der Waals surface area contributed by atoms with Crippen LogP contribution in [0, 0.1) is 0 Å². The Hall–Kier alpha value is -0.330. The molecule has 0 aromatic carbocycles. The lowest BCUT2D eigenvalue weighted by molar-refractivity contribution is 0.588. The lowest BCUT2D eigenvalue weighted by Crippen LogP contribution is -2.07. The number of aliphatic imine (C=N–C) groups is 1. The van der Waals surface area contributed by atoms with Gasteiger partial charge >= 0.3 is 0 Å². The van der Waals surface area contributed by atoms with E-state index in [1.165, 1.54) is 0 Å². The van der Waals surface area contributed by atoms with Crippen LogP contribution in [0.4, 0.5) is 0 Å².